The lowest BCUT2D eigenvalue weighted by molar-refractivity contribution is -0.282. The predicted octanol–water partition coefficient (Wildman–Crippen LogP) is 5.73. The summed E-state index contributed by atoms with van der Waals surface area (Å²) in [5.41, 5.74) is 0.738. The van der Waals surface area contributed by atoms with Crippen LogP contribution in [0, 0.1) is 34.0 Å². The number of ether oxygens (including phenoxy) is 2. The zero-order valence-electron chi connectivity index (χ0n) is 21.6. The Morgan fingerprint density at radius 2 is 1.85 bits per heavy atom. The topological polar surface area (TPSA) is 38.8 Å². The predicted molar refractivity (Wildman–Crippen MR) is 128 cm³/mol. The van der Waals surface area contributed by atoms with E-state index in [0.717, 1.165) is 49.5 Å². The summed E-state index contributed by atoms with van der Waals surface area (Å²) >= 11 is 0. The van der Waals surface area contributed by atoms with Crippen LogP contribution in [0.25, 0.3) is 0 Å². The molecule has 5 heterocycles. The summed E-state index contributed by atoms with van der Waals surface area (Å²) in [6, 6.07) is 1.48. The van der Waals surface area contributed by atoms with Crippen molar-refractivity contribution in [3.05, 3.63) is 0 Å². The van der Waals surface area contributed by atoms with Crippen molar-refractivity contribution in [1.29, 1.82) is 0 Å². The SMILES string of the molecule is CC(C)C1CCC2(C)C3CCC45CCCC4C2(CCC(=O)C2(C)COC4(C)CCC2O4)C1N35. The Kier molecular flexibility index (Phi) is 4.26. The Morgan fingerprint density at radius 1 is 1.03 bits per heavy atom. The molecule has 7 aliphatic rings. The first kappa shape index (κ1) is 21.8. The van der Waals surface area contributed by atoms with Gasteiger partial charge in [0.1, 0.15) is 5.78 Å². The van der Waals surface area contributed by atoms with Gasteiger partial charge in [-0.1, -0.05) is 27.2 Å². The molecule has 10 atom stereocenters. The van der Waals surface area contributed by atoms with E-state index in [4.69, 9.17) is 9.47 Å². The quantitative estimate of drug-likeness (QED) is 0.531. The maximum absolute atomic E-state index is 14.0. The maximum atomic E-state index is 14.0. The van der Waals surface area contributed by atoms with Crippen molar-refractivity contribution < 1.29 is 14.3 Å². The maximum Gasteiger partial charge on any atom is 0.166 e. The number of piperidine rings is 1. The second-order valence-corrected chi connectivity index (χ2v) is 14.3. The third-order valence-electron chi connectivity index (χ3n) is 13.0. The highest BCUT2D eigenvalue weighted by Crippen LogP contribution is 2.82. The van der Waals surface area contributed by atoms with E-state index in [2.05, 4.69) is 32.6 Å². The largest absolute Gasteiger partial charge is 0.349 e. The van der Waals surface area contributed by atoms with Gasteiger partial charge in [-0.05, 0) is 93.8 Å². The van der Waals surface area contributed by atoms with Gasteiger partial charge in [-0.25, -0.2) is 0 Å². The van der Waals surface area contributed by atoms with Gasteiger partial charge in [0.25, 0.3) is 0 Å². The Hall–Kier alpha value is -0.450. The normalized spacial score (nSPS) is 58.4. The van der Waals surface area contributed by atoms with Gasteiger partial charge in [0.2, 0.25) is 0 Å². The van der Waals surface area contributed by atoms with Gasteiger partial charge >= 0.3 is 0 Å². The molecule has 0 aromatic carbocycles. The molecule has 0 aromatic rings. The van der Waals surface area contributed by atoms with E-state index in [1.165, 1.54) is 44.9 Å². The summed E-state index contributed by atoms with van der Waals surface area (Å²) < 4.78 is 12.4. The molecule has 2 saturated carbocycles. The van der Waals surface area contributed by atoms with Gasteiger partial charge in [-0.3, -0.25) is 9.69 Å². The minimum absolute atomic E-state index is 0.0393. The van der Waals surface area contributed by atoms with Crippen molar-refractivity contribution in [2.24, 2.45) is 34.0 Å². The molecule has 184 valence electrons. The fourth-order valence-electron chi connectivity index (χ4n) is 11.5. The van der Waals surface area contributed by atoms with E-state index in [1.807, 2.05) is 6.92 Å². The number of rotatable bonds is 5. The van der Waals surface area contributed by atoms with Crippen LogP contribution in [0.2, 0.25) is 0 Å². The van der Waals surface area contributed by atoms with Crippen LogP contribution in [0.1, 0.15) is 105 Å². The first-order valence-corrected chi connectivity index (χ1v) is 14.2. The molecule has 4 heteroatoms. The number of fused-ring (bicyclic) bond motifs is 3. The lowest BCUT2D eigenvalue weighted by Gasteiger charge is -2.57. The number of nitrogens with zero attached hydrogens (tertiary/aromatic N) is 1. The Morgan fingerprint density at radius 3 is 2.64 bits per heavy atom. The van der Waals surface area contributed by atoms with E-state index in [9.17, 15) is 4.79 Å². The van der Waals surface area contributed by atoms with Gasteiger partial charge < -0.3 is 9.47 Å². The summed E-state index contributed by atoms with van der Waals surface area (Å²) in [7, 11) is 0. The molecule has 0 radical (unpaired) electrons. The van der Waals surface area contributed by atoms with E-state index >= 15 is 0 Å². The summed E-state index contributed by atoms with van der Waals surface area (Å²) in [5.74, 6) is 2.31. The van der Waals surface area contributed by atoms with Crippen LogP contribution in [-0.2, 0) is 14.3 Å². The van der Waals surface area contributed by atoms with Crippen molar-refractivity contribution in [1.82, 2.24) is 4.90 Å². The Labute approximate surface area is 200 Å². The summed E-state index contributed by atoms with van der Waals surface area (Å²) in [6.45, 7) is 12.3. The van der Waals surface area contributed by atoms with Crippen molar-refractivity contribution in [2.45, 2.75) is 135 Å². The molecular formula is C29H45NO3. The molecule has 5 saturated heterocycles. The average Bonchev–Trinajstić information content (AvgIpc) is 3.51. The summed E-state index contributed by atoms with van der Waals surface area (Å²) in [6.07, 6.45) is 13.6. The van der Waals surface area contributed by atoms with Crippen LogP contribution in [0.4, 0.5) is 0 Å². The van der Waals surface area contributed by atoms with Crippen LogP contribution in [-0.4, -0.2) is 46.8 Å². The molecule has 1 spiro atoms. The standard InChI is InChI=1S/C29H45NO3/c1-18(2)19-8-13-26(4)21-9-15-28-12-6-7-20(28)29(26,24(19)30(21)28)16-10-22(31)25(3)17-32-27(5)14-11-23(25)33-27/h18-21,23-24H,6-17H2,1-5H3. The fourth-order valence-corrected chi connectivity index (χ4v) is 11.5. The zero-order valence-corrected chi connectivity index (χ0v) is 21.6. The number of ketones is 1. The molecule has 2 aliphatic carbocycles. The second kappa shape index (κ2) is 6.45. The van der Waals surface area contributed by atoms with Crippen LogP contribution in [0.15, 0.2) is 0 Å². The molecular weight excluding hydrogens is 410 g/mol. The van der Waals surface area contributed by atoms with E-state index in [0.29, 0.717) is 34.8 Å². The van der Waals surface area contributed by atoms with Gasteiger partial charge in [0, 0.05) is 30.5 Å². The number of hydrogen-bond acceptors (Lipinski definition) is 4. The first-order chi connectivity index (χ1) is 15.6. The highest BCUT2D eigenvalue weighted by Gasteiger charge is 2.84. The van der Waals surface area contributed by atoms with Crippen molar-refractivity contribution in [2.75, 3.05) is 6.61 Å². The number of carbonyl (C=O) groups is 1. The van der Waals surface area contributed by atoms with Crippen molar-refractivity contribution in [3.8, 4) is 0 Å². The second-order valence-electron chi connectivity index (χ2n) is 14.3. The highest BCUT2D eigenvalue weighted by atomic mass is 16.7. The van der Waals surface area contributed by atoms with Gasteiger partial charge in [-0.2, -0.15) is 0 Å². The van der Waals surface area contributed by atoms with Crippen molar-refractivity contribution in [3.63, 3.8) is 0 Å². The van der Waals surface area contributed by atoms with Gasteiger partial charge in [0.15, 0.2) is 5.79 Å². The molecule has 0 aromatic heterocycles. The number of carbonyl (C=O) groups excluding carboxylic acids is 1. The highest BCUT2D eigenvalue weighted by molar-refractivity contribution is 5.85. The van der Waals surface area contributed by atoms with Crippen molar-refractivity contribution >= 4 is 5.78 Å². The van der Waals surface area contributed by atoms with Crippen LogP contribution >= 0.6 is 0 Å². The molecule has 10 unspecified atom stereocenters. The minimum Gasteiger partial charge on any atom is -0.349 e. The average molecular weight is 456 g/mol. The lowest BCUT2D eigenvalue weighted by Crippen LogP contribution is -2.57. The smallest absolute Gasteiger partial charge is 0.166 e. The number of hydrogen-bond donors (Lipinski definition) is 0. The van der Waals surface area contributed by atoms with Crippen LogP contribution in [0.5, 0.6) is 0 Å². The third kappa shape index (κ3) is 2.30. The Bertz CT molecular complexity index is 888. The third-order valence-corrected chi connectivity index (χ3v) is 13.0. The summed E-state index contributed by atoms with van der Waals surface area (Å²) in [4.78, 5) is 17.1. The van der Waals surface area contributed by atoms with Crippen LogP contribution in [0.3, 0.4) is 0 Å². The molecule has 0 N–H and O–H groups in total. The van der Waals surface area contributed by atoms with Gasteiger partial charge in [-0.15, -0.1) is 0 Å². The summed E-state index contributed by atoms with van der Waals surface area (Å²) in [5, 5.41) is 0. The lowest BCUT2D eigenvalue weighted by atomic mass is 9.46. The zero-order chi connectivity index (χ0) is 23.0. The minimum atomic E-state index is -0.469. The van der Waals surface area contributed by atoms with E-state index in [-0.39, 0.29) is 6.10 Å². The molecule has 33 heavy (non-hydrogen) atoms. The molecule has 7 rings (SSSR count). The molecule has 0 amide bonds. The van der Waals surface area contributed by atoms with E-state index in [1.54, 1.807) is 0 Å². The van der Waals surface area contributed by atoms with Gasteiger partial charge in [0.05, 0.1) is 18.1 Å². The van der Waals surface area contributed by atoms with E-state index < -0.39 is 11.2 Å². The molecule has 5 aliphatic heterocycles. The molecule has 4 nitrogen and oxygen atoms in total. The monoisotopic (exact) mass is 455 g/mol. The fraction of sp³-hybridized carbons (Fsp3) is 0.966. The molecule has 6 bridgehead atoms. The molecule has 7 fully saturated rings. The first-order valence-electron chi connectivity index (χ1n) is 14.2. The van der Waals surface area contributed by atoms with Crippen LogP contribution < -0.4 is 0 Å². The number of Topliss-reactive ketones (excluding diaryl/α,β-unsaturated/α-hetero) is 1. The Balaban J connectivity index is 1.24.